The van der Waals surface area contributed by atoms with Crippen LogP contribution in [0.25, 0.3) is 11.1 Å². The van der Waals surface area contributed by atoms with E-state index in [0.717, 1.165) is 30.4 Å². The van der Waals surface area contributed by atoms with Crippen molar-refractivity contribution in [3.05, 3.63) is 59.9 Å². The first-order valence-corrected chi connectivity index (χ1v) is 11.3. The lowest BCUT2D eigenvalue weighted by atomic mass is 9.77. The highest BCUT2D eigenvalue weighted by atomic mass is 19.1. The summed E-state index contributed by atoms with van der Waals surface area (Å²) in [6.07, 6.45) is 4.12. The summed E-state index contributed by atoms with van der Waals surface area (Å²) >= 11 is 0. The van der Waals surface area contributed by atoms with E-state index in [0.29, 0.717) is 31.5 Å². The topological polar surface area (TPSA) is 49.4 Å². The van der Waals surface area contributed by atoms with Gasteiger partial charge in [0.2, 0.25) is 11.8 Å². The molecule has 0 aromatic heterocycles. The summed E-state index contributed by atoms with van der Waals surface area (Å²) < 4.78 is 14.6. The van der Waals surface area contributed by atoms with Crippen molar-refractivity contribution in [3.63, 3.8) is 0 Å². The average molecular weight is 423 g/mol. The van der Waals surface area contributed by atoms with Crippen molar-refractivity contribution in [2.75, 3.05) is 13.1 Å². The second kappa shape index (κ2) is 8.81. The highest BCUT2D eigenvalue weighted by molar-refractivity contribution is 5.87. The molecule has 2 aromatic rings. The Bertz CT molecular complexity index is 969. The molecule has 5 heteroatoms. The van der Waals surface area contributed by atoms with Gasteiger partial charge in [0.15, 0.2) is 0 Å². The molecule has 0 bridgehead atoms. The zero-order valence-corrected chi connectivity index (χ0v) is 18.4. The maximum Gasteiger partial charge on any atom is 0.228 e. The molecule has 1 aliphatic heterocycles. The van der Waals surface area contributed by atoms with Gasteiger partial charge in [0.1, 0.15) is 5.82 Å². The molecule has 2 fully saturated rings. The number of likely N-dealkylation sites (tertiary alicyclic amines) is 1. The number of nitrogens with zero attached hydrogens (tertiary/aromatic N) is 1. The molecule has 1 saturated heterocycles. The Morgan fingerprint density at radius 3 is 2.42 bits per heavy atom. The normalized spacial score (nSPS) is 21.2. The molecule has 4 rings (SSSR count). The summed E-state index contributed by atoms with van der Waals surface area (Å²) in [5.74, 6) is 0.0149. The predicted molar refractivity (Wildman–Crippen MR) is 120 cm³/mol. The maximum absolute atomic E-state index is 14.6. The van der Waals surface area contributed by atoms with Crippen LogP contribution in [0.15, 0.2) is 48.5 Å². The zero-order chi connectivity index (χ0) is 22.0. The first-order valence-electron chi connectivity index (χ1n) is 11.3. The number of halogens is 1. The average Bonchev–Trinajstić information content (AvgIpc) is 3.13. The van der Waals surface area contributed by atoms with Crippen LogP contribution in [0.4, 0.5) is 4.39 Å². The number of carbonyl (C=O) groups is 2. The van der Waals surface area contributed by atoms with Gasteiger partial charge in [0.25, 0.3) is 0 Å². The van der Waals surface area contributed by atoms with Crippen molar-refractivity contribution in [2.45, 2.75) is 52.0 Å². The van der Waals surface area contributed by atoms with Gasteiger partial charge in [0.05, 0.1) is 5.41 Å². The molecule has 2 aliphatic rings. The summed E-state index contributed by atoms with van der Waals surface area (Å²) in [6, 6.07) is 14.5. The molecule has 1 atom stereocenters. The fourth-order valence-electron chi connectivity index (χ4n) is 4.78. The van der Waals surface area contributed by atoms with E-state index in [1.165, 1.54) is 6.07 Å². The monoisotopic (exact) mass is 422 g/mol. The van der Waals surface area contributed by atoms with E-state index in [-0.39, 0.29) is 29.6 Å². The van der Waals surface area contributed by atoms with Gasteiger partial charge in [-0.05, 0) is 56.7 Å². The fourth-order valence-corrected chi connectivity index (χ4v) is 4.78. The molecular weight excluding hydrogens is 391 g/mol. The Labute approximate surface area is 183 Å². The lowest BCUT2D eigenvalue weighted by Gasteiger charge is -2.32. The first-order chi connectivity index (χ1) is 14.9. The second-order valence-corrected chi connectivity index (χ2v) is 9.36. The number of hydrogen-bond acceptors (Lipinski definition) is 2. The summed E-state index contributed by atoms with van der Waals surface area (Å²) in [7, 11) is 0. The van der Waals surface area contributed by atoms with Crippen LogP contribution in [0.5, 0.6) is 0 Å². The third-order valence-corrected chi connectivity index (χ3v) is 6.73. The summed E-state index contributed by atoms with van der Waals surface area (Å²) in [4.78, 5) is 28.2. The maximum atomic E-state index is 14.6. The van der Waals surface area contributed by atoms with Gasteiger partial charge in [-0.25, -0.2) is 4.39 Å². The molecular formula is C26H31FN2O2. The van der Waals surface area contributed by atoms with Gasteiger partial charge in [-0.15, -0.1) is 0 Å². The largest absolute Gasteiger partial charge is 0.353 e. The quantitative estimate of drug-likeness (QED) is 0.741. The minimum atomic E-state index is -0.703. The van der Waals surface area contributed by atoms with Gasteiger partial charge in [-0.2, -0.15) is 0 Å². The van der Waals surface area contributed by atoms with E-state index in [1.807, 2.05) is 49.1 Å². The summed E-state index contributed by atoms with van der Waals surface area (Å²) in [5, 5.41) is 3.08. The molecule has 31 heavy (non-hydrogen) atoms. The van der Waals surface area contributed by atoms with Crippen molar-refractivity contribution >= 4 is 11.8 Å². The van der Waals surface area contributed by atoms with Gasteiger partial charge in [0, 0.05) is 30.6 Å². The highest BCUT2D eigenvalue weighted by Crippen LogP contribution is 2.40. The van der Waals surface area contributed by atoms with Crippen molar-refractivity contribution < 1.29 is 14.0 Å². The Balaban J connectivity index is 1.66. The second-order valence-electron chi connectivity index (χ2n) is 9.36. The van der Waals surface area contributed by atoms with E-state index < -0.39 is 5.41 Å². The zero-order valence-electron chi connectivity index (χ0n) is 18.4. The summed E-state index contributed by atoms with van der Waals surface area (Å²) in [5.41, 5.74) is 1.58. The molecule has 1 unspecified atom stereocenters. The molecule has 1 saturated carbocycles. The molecule has 0 spiro atoms. The van der Waals surface area contributed by atoms with Gasteiger partial charge >= 0.3 is 0 Å². The lowest BCUT2D eigenvalue weighted by molar-refractivity contribution is -0.138. The first kappa shape index (κ1) is 21.5. The molecule has 164 valence electrons. The van der Waals surface area contributed by atoms with E-state index >= 15 is 0 Å². The molecule has 4 nitrogen and oxygen atoms in total. The smallest absolute Gasteiger partial charge is 0.228 e. The van der Waals surface area contributed by atoms with Crippen LogP contribution in [-0.2, 0) is 16.0 Å². The van der Waals surface area contributed by atoms with E-state index in [2.05, 4.69) is 5.32 Å². The van der Waals surface area contributed by atoms with Crippen LogP contribution in [0, 0.1) is 17.2 Å². The number of nitrogens with one attached hydrogen (secondary N) is 1. The highest BCUT2D eigenvalue weighted by Gasteiger charge is 2.47. The molecule has 2 amide bonds. The van der Waals surface area contributed by atoms with Gasteiger partial charge < -0.3 is 10.2 Å². The van der Waals surface area contributed by atoms with Gasteiger partial charge in [-0.3, -0.25) is 9.59 Å². The lowest BCUT2D eigenvalue weighted by Crippen LogP contribution is -2.48. The van der Waals surface area contributed by atoms with E-state index in [4.69, 9.17) is 0 Å². The van der Waals surface area contributed by atoms with Crippen LogP contribution in [-0.4, -0.2) is 35.8 Å². The predicted octanol–water partition coefficient (Wildman–Crippen LogP) is 4.58. The Hall–Kier alpha value is -2.69. The van der Waals surface area contributed by atoms with Gasteiger partial charge in [-0.1, -0.05) is 48.9 Å². The molecule has 1 N–H and O–H groups in total. The molecule has 2 aromatic carbocycles. The third-order valence-electron chi connectivity index (χ3n) is 6.73. The van der Waals surface area contributed by atoms with Crippen molar-refractivity contribution in [3.8, 4) is 11.1 Å². The van der Waals surface area contributed by atoms with Crippen LogP contribution in [0.1, 0.15) is 45.1 Å². The van der Waals surface area contributed by atoms with Crippen LogP contribution in [0.3, 0.4) is 0 Å². The van der Waals surface area contributed by atoms with Crippen LogP contribution in [0.2, 0.25) is 0 Å². The SMILES string of the molecule is CC(C)NC(=O)C1(Cc2ccccc2-c2ccccc2F)CCN(C(=O)C2CCC2)C1. The summed E-state index contributed by atoms with van der Waals surface area (Å²) in [6.45, 7) is 4.92. The molecule has 1 heterocycles. The number of rotatable bonds is 6. The molecule has 0 radical (unpaired) electrons. The third kappa shape index (κ3) is 4.36. The number of hydrogen-bond donors (Lipinski definition) is 1. The Morgan fingerprint density at radius 1 is 1.10 bits per heavy atom. The minimum absolute atomic E-state index is 0.0163. The van der Waals surface area contributed by atoms with Crippen LogP contribution < -0.4 is 5.32 Å². The fraction of sp³-hybridized carbons (Fsp3) is 0.462. The Kier molecular flexibility index (Phi) is 6.12. The molecule has 1 aliphatic carbocycles. The number of benzene rings is 2. The van der Waals surface area contributed by atoms with E-state index in [1.54, 1.807) is 12.1 Å². The van der Waals surface area contributed by atoms with E-state index in [9.17, 15) is 14.0 Å². The Morgan fingerprint density at radius 2 is 1.77 bits per heavy atom. The number of amides is 2. The minimum Gasteiger partial charge on any atom is -0.353 e. The number of carbonyl (C=O) groups excluding carboxylic acids is 2. The van der Waals surface area contributed by atoms with Crippen molar-refractivity contribution in [1.82, 2.24) is 10.2 Å². The standard InChI is InChI=1S/C26H31FN2O2/c1-18(2)28-25(31)26(14-15-29(17-26)24(30)19-9-7-10-19)16-20-8-3-4-11-21(20)22-12-5-6-13-23(22)27/h3-6,8,11-13,18-19H,7,9-10,14-17H2,1-2H3,(H,28,31). The van der Waals surface area contributed by atoms with Crippen molar-refractivity contribution in [1.29, 1.82) is 0 Å². The van der Waals surface area contributed by atoms with Crippen LogP contribution >= 0.6 is 0 Å². The van der Waals surface area contributed by atoms with Crippen molar-refractivity contribution in [2.24, 2.45) is 11.3 Å².